The molecule has 2 bridgehead atoms. The van der Waals surface area contributed by atoms with Gasteiger partial charge in [0.2, 0.25) is 11.8 Å². The van der Waals surface area contributed by atoms with Crippen LogP contribution in [0.3, 0.4) is 0 Å². The van der Waals surface area contributed by atoms with E-state index in [1.807, 2.05) is 66.7 Å². The van der Waals surface area contributed by atoms with Crippen LogP contribution in [0.1, 0.15) is 34.1 Å². The Kier molecular flexibility index (Phi) is 3.35. The second kappa shape index (κ2) is 6.23. The molecule has 2 unspecified atom stereocenters. The molecule has 4 heteroatoms. The molecule has 0 radical (unpaired) electrons. The molecule has 2 heterocycles. The van der Waals surface area contributed by atoms with Crippen LogP contribution < -0.4 is 4.90 Å². The van der Waals surface area contributed by atoms with Gasteiger partial charge in [-0.15, -0.1) is 0 Å². The highest BCUT2D eigenvalue weighted by Crippen LogP contribution is 2.61. The van der Waals surface area contributed by atoms with Gasteiger partial charge in [0.05, 0.1) is 17.5 Å². The summed E-state index contributed by atoms with van der Waals surface area (Å²) in [4.78, 5) is 29.3. The van der Waals surface area contributed by atoms with E-state index in [9.17, 15) is 9.59 Å². The third kappa shape index (κ3) is 2.09. The zero-order valence-corrected chi connectivity index (χ0v) is 18.1. The highest BCUT2D eigenvalue weighted by atomic mass is 16.3. The summed E-state index contributed by atoms with van der Waals surface area (Å²) in [5, 5.41) is 2.01. The first-order chi connectivity index (χ1) is 16.7. The predicted molar refractivity (Wildman–Crippen MR) is 130 cm³/mol. The third-order valence-corrected chi connectivity index (χ3v) is 8.07. The van der Waals surface area contributed by atoms with E-state index in [1.54, 1.807) is 0 Å². The molecule has 0 spiro atoms. The standard InChI is InChI=1S/C30H19NO3/c32-29-27-25-19-8-1-2-9-20(19)26(22-11-4-3-10-21(22)25)28(27)30(33)31(29)16-13-14-18-17-7-5-6-12-23(17)34-24(18)15-16/h1-15,25-28H. The quantitative estimate of drug-likeness (QED) is 0.301. The minimum absolute atomic E-state index is 0.0984. The van der Waals surface area contributed by atoms with E-state index in [0.717, 1.165) is 16.4 Å². The number of furan rings is 1. The van der Waals surface area contributed by atoms with Crippen LogP contribution in [0, 0.1) is 11.8 Å². The number of nitrogens with zero attached hydrogens (tertiary/aromatic N) is 1. The lowest BCUT2D eigenvalue weighted by molar-refractivity contribution is -0.122. The lowest BCUT2D eigenvalue weighted by Gasteiger charge is -2.45. The minimum atomic E-state index is -0.381. The molecule has 0 N–H and O–H groups in total. The van der Waals surface area contributed by atoms with Crippen molar-refractivity contribution in [2.45, 2.75) is 11.8 Å². The third-order valence-electron chi connectivity index (χ3n) is 8.07. The van der Waals surface area contributed by atoms with Gasteiger partial charge in [0.1, 0.15) is 11.2 Å². The summed E-state index contributed by atoms with van der Waals surface area (Å²) in [6.07, 6.45) is 0. The number of benzene rings is 4. The molecule has 4 aromatic carbocycles. The minimum Gasteiger partial charge on any atom is -0.456 e. The van der Waals surface area contributed by atoms with Crippen LogP contribution in [0.5, 0.6) is 0 Å². The molecule has 4 nitrogen and oxygen atoms in total. The number of hydrogen-bond acceptors (Lipinski definition) is 3. The summed E-state index contributed by atoms with van der Waals surface area (Å²) in [5.74, 6) is -1.17. The van der Waals surface area contributed by atoms with Crippen LogP contribution in [0.25, 0.3) is 21.9 Å². The van der Waals surface area contributed by atoms with Crippen molar-refractivity contribution in [3.63, 3.8) is 0 Å². The molecule has 1 fully saturated rings. The first kappa shape index (κ1) is 18.3. The van der Waals surface area contributed by atoms with E-state index < -0.39 is 0 Å². The number of rotatable bonds is 1. The molecular formula is C30H19NO3. The molecule has 1 aliphatic heterocycles. The fourth-order valence-corrected chi connectivity index (χ4v) is 6.79. The Morgan fingerprint density at radius 3 is 1.65 bits per heavy atom. The Labute approximate surface area is 195 Å². The zero-order chi connectivity index (χ0) is 22.6. The van der Waals surface area contributed by atoms with Crippen molar-refractivity contribution < 1.29 is 14.0 Å². The lowest BCUT2D eigenvalue weighted by Crippen LogP contribution is -2.41. The number of imide groups is 1. The summed E-state index contributed by atoms with van der Waals surface area (Å²) >= 11 is 0. The van der Waals surface area contributed by atoms with E-state index in [-0.39, 0.29) is 35.5 Å². The zero-order valence-electron chi connectivity index (χ0n) is 18.1. The van der Waals surface area contributed by atoms with Crippen molar-refractivity contribution in [1.29, 1.82) is 0 Å². The Morgan fingerprint density at radius 2 is 1.06 bits per heavy atom. The number of fused-ring (bicyclic) bond motifs is 3. The highest BCUT2D eigenvalue weighted by molar-refractivity contribution is 6.24. The molecule has 0 saturated carbocycles. The maximum Gasteiger partial charge on any atom is 0.238 e. The Balaban J connectivity index is 1.31. The van der Waals surface area contributed by atoms with Crippen molar-refractivity contribution in [2.75, 3.05) is 4.90 Å². The summed E-state index contributed by atoms with van der Waals surface area (Å²) in [7, 11) is 0. The maximum absolute atomic E-state index is 13.9. The first-order valence-corrected chi connectivity index (χ1v) is 11.7. The highest BCUT2D eigenvalue weighted by Gasteiger charge is 2.61. The van der Waals surface area contributed by atoms with E-state index in [4.69, 9.17) is 4.42 Å². The van der Waals surface area contributed by atoms with Crippen LogP contribution in [-0.2, 0) is 9.59 Å². The Hall–Kier alpha value is -4.18. The van der Waals surface area contributed by atoms with Crippen molar-refractivity contribution in [2.24, 2.45) is 11.8 Å². The van der Waals surface area contributed by atoms with Crippen molar-refractivity contribution in [1.82, 2.24) is 0 Å². The van der Waals surface area contributed by atoms with Gasteiger partial charge in [-0.05, 0) is 40.5 Å². The van der Waals surface area contributed by atoms with Crippen LogP contribution in [0.2, 0.25) is 0 Å². The number of amides is 2. The SMILES string of the molecule is O=C1C2C3c4ccccc4C(c4ccccc43)C2C(=O)N1c1ccc2c(c1)oc1ccccc12. The molecule has 1 aromatic heterocycles. The second-order valence-electron chi connectivity index (χ2n) is 9.56. The second-order valence-corrected chi connectivity index (χ2v) is 9.56. The molecule has 34 heavy (non-hydrogen) atoms. The van der Waals surface area contributed by atoms with Crippen LogP contribution in [0.4, 0.5) is 5.69 Å². The van der Waals surface area contributed by atoms with Crippen molar-refractivity contribution in [3.8, 4) is 0 Å². The van der Waals surface area contributed by atoms with Crippen molar-refractivity contribution in [3.05, 3.63) is 113 Å². The molecular weight excluding hydrogens is 422 g/mol. The Morgan fingerprint density at radius 1 is 0.559 bits per heavy atom. The van der Waals surface area contributed by atoms with Gasteiger partial charge in [0, 0.05) is 28.7 Å². The van der Waals surface area contributed by atoms with Gasteiger partial charge in [-0.1, -0.05) is 66.7 Å². The first-order valence-electron chi connectivity index (χ1n) is 11.7. The van der Waals surface area contributed by atoms with Gasteiger partial charge in [-0.3, -0.25) is 9.59 Å². The Bertz CT molecular complexity index is 1580. The molecule has 2 atom stereocenters. The van der Waals surface area contributed by atoms with Gasteiger partial charge in [-0.25, -0.2) is 4.90 Å². The van der Waals surface area contributed by atoms with E-state index >= 15 is 0 Å². The molecule has 4 aliphatic rings. The largest absolute Gasteiger partial charge is 0.456 e. The van der Waals surface area contributed by atoms with E-state index in [0.29, 0.717) is 11.3 Å². The summed E-state index contributed by atoms with van der Waals surface area (Å²) in [5.41, 5.74) is 6.80. The smallest absolute Gasteiger partial charge is 0.238 e. The normalized spacial score (nSPS) is 24.5. The summed E-state index contributed by atoms with van der Waals surface area (Å²) in [6, 6.07) is 30.2. The molecule has 1 saturated heterocycles. The van der Waals surface area contributed by atoms with E-state index in [1.165, 1.54) is 27.2 Å². The molecule has 3 aliphatic carbocycles. The van der Waals surface area contributed by atoms with Gasteiger partial charge < -0.3 is 4.42 Å². The van der Waals surface area contributed by atoms with E-state index in [2.05, 4.69) is 24.3 Å². The summed E-state index contributed by atoms with van der Waals surface area (Å²) < 4.78 is 6.05. The average Bonchev–Trinajstić information content (AvgIpc) is 3.38. The van der Waals surface area contributed by atoms with Gasteiger partial charge in [0.25, 0.3) is 0 Å². The summed E-state index contributed by atoms with van der Waals surface area (Å²) in [6.45, 7) is 0. The number of para-hydroxylation sites is 1. The van der Waals surface area contributed by atoms with Crippen LogP contribution in [0.15, 0.2) is 95.4 Å². The topological polar surface area (TPSA) is 50.5 Å². The fourth-order valence-electron chi connectivity index (χ4n) is 6.79. The van der Waals surface area contributed by atoms with Crippen molar-refractivity contribution >= 4 is 39.4 Å². The number of carbonyl (C=O) groups excluding carboxylic acids is 2. The van der Waals surface area contributed by atoms with Crippen LogP contribution >= 0.6 is 0 Å². The number of carbonyl (C=O) groups is 2. The monoisotopic (exact) mass is 441 g/mol. The van der Waals surface area contributed by atoms with Gasteiger partial charge in [0.15, 0.2) is 0 Å². The number of hydrogen-bond donors (Lipinski definition) is 0. The van der Waals surface area contributed by atoms with Gasteiger partial charge >= 0.3 is 0 Å². The molecule has 162 valence electrons. The van der Waals surface area contributed by atoms with Gasteiger partial charge in [-0.2, -0.15) is 0 Å². The maximum atomic E-state index is 13.9. The van der Waals surface area contributed by atoms with Crippen LogP contribution in [-0.4, -0.2) is 11.8 Å². The average molecular weight is 441 g/mol. The lowest BCUT2D eigenvalue weighted by atomic mass is 9.55. The number of anilines is 1. The molecule has 9 rings (SSSR count). The fraction of sp³-hybridized carbons (Fsp3) is 0.133. The molecule has 5 aromatic rings. The molecule has 2 amide bonds. The predicted octanol–water partition coefficient (Wildman–Crippen LogP) is 5.98.